The van der Waals surface area contributed by atoms with Crippen LogP contribution in [0.25, 0.3) is 0 Å². The van der Waals surface area contributed by atoms with E-state index in [4.69, 9.17) is 0 Å². The van der Waals surface area contributed by atoms with Crippen molar-refractivity contribution in [3.05, 3.63) is 121 Å². The standard InChI is InChI=1S/C31H30N12/c1-21(24-8-14-32-15-9-24)38-41-28-6-4-27(5-7-28)35-31-36-29(42-39-22(2)25-10-16-33-17-11-25)20-30(37-31)43-40-23(3)26-12-18-34-19-13-26/h4-20,41H,1-3H3,(H3,35,36,37,42,43). The lowest BCUT2D eigenvalue weighted by atomic mass is 10.2. The van der Waals surface area contributed by atoms with Gasteiger partial charge in [0.05, 0.1) is 22.8 Å². The predicted octanol–water partition coefficient (Wildman–Crippen LogP) is 5.91. The minimum atomic E-state index is 0.355. The second-order valence-electron chi connectivity index (χ2n) is 9.30. The third-order valence-corrected chi connectivity index (χ3v) is 6.19. The molecule has 0 amide bonds. The second kappa shape index (κ2) is 14.0. The van der Waals surface area contributed by atoms with Gasteiger partial charge in [-0.2, -0.15) is 25.3 Å². The molecule has 0 radical (unpaired) electrons. The SMILES string of the molecule is CC(=NNc1ccc(Nc2nc(NN=C(C)c3ccncc3)cc(NN=C(C)c3ccncc3)n2)cc1)c1ccncc1. The summed E-state index contributed by atoms with van der Waals surface area (Å²) in [5.41, 5.74) is 16.1. The molecule has 4 heterocycles. The summed E-state index contributed by atoms with van der Waals surface area (Å²) in [4.78, 5) is 21.4. The topological polar surface area (TPSA) is 150 Å². The molecule has 0 saturated carbocycles. The Labute approximate surface area is 249 Å². The molecule has 1 aromatic carbocycles. The molecule has 0 spiro atoms. The Bertz CT molecular complexity index is 1640. The Kier molecular flexibility index (Phi) is 9.30. The molecule has 4 N–H and O–H groups in total. The van der Waals surface area contributed by atoms with E-state index in [1.165, 1.54) is 0 Å². The maximum Gasteiger partial charge on any atom is 0.231 e. The molecule has 0 aliphatic heterocycles. The average Bonchev–Trinajstić information content (AvgIpc) is 3.06. The van der Waals surface area contributed by atoms with Crippen LogP contribution >= 0.6 is 0 Å². The van der Waals surface area contributed by atoms with Crippen molar-refractivity contribution in [2.24, 2.45) is 15.3 Å². The van der Waals surface area contributed by atoms with E-state index >= 15 is 0 Å². The monoisotopic (exact) mass is 570 g/mol. The van der Waals surface area contributed by atoms with E-state index in [0.717, 1.165) is 45.2 Å². The van der Waals surface area contributed by atoms with E-state index < -0.39 is 0 Å². The zero-order valence-electron chi connectivity index (χ0n) is 23.9. The largest absolute Gasteiger partial charge is 0.324 e. The Morgan fingerprint density at radius 3 is 1.28 bits per heavy atom. The van der Waals surface area contributed by atoms with Crippen LogP contribution in [-0.4, -0.2) is 42.1 Å². The summed E-state index contributed by atoms with van der Waals surface area (Å²) in [6.07, 6.45) is 10.4. The first-order chi connectivity index (χ1) is 21.0. The van der Waals surface area contributed by atoms with Gasteiger partial charge < -0.3 is 5.32 Å². The van der Waals surface area contributed by atoms with E-state index in [9.17, 15) is 0 Å². The highest BCUT2D eigenvalue weighted by Gasteiger charge is 2.07. The number of pyridine rings is 3. The van der Waals surface area contributed by atoms with Gasteiger partial charge >= 0.3 is 0 Å². The summed E-state index contributed by atoms with van der Waals surface area (Å²) in [7, 11) is 0. The van der Waals surface area contributed by atoms with Crippen LogP contribution in [0.2, 0.25) is 0 Å². The zero-order valence-corrected chi connectivity index (χ0v) is 23.9. The highest BCUT2D eigenvalue weighted by molar-refractivity contribution is 6.00. The van der Waals surface area contributed by atoms with Crippen molar-refractivity contribution in [3.8, 4) is 0 Å². The summed E-state index contributed by atoms with van der Waals surface area (Å²) in [6, 6.07) is 20.8. The Balaban J connectivity index is 1.33. The molecule has 0 unspecified atom stereocenters. The van der Waals surface area contributed by atoms with Crippen molar-refractivity contribution in [2.45, 2.75) is 20.8 Å². The quantitative estimate of drug-likeness (QED) is 0.112. The van der Waals surface area contributed by atoms with Gasteiger partial charge in [0.1, 0.15) is 0 Å². The van der Waals surface area contributed by atoms with Crippen LogP contribution < -0.4 is 21.6 Å². The van der Waals surface area contributed by atoms with Crippen LogP contribution in [-0.2, 0) is 0 Å². The van der Waals surface area contributed by atoms with E-state index in [2.05, 4.69) is 61.8 Å². The average molecular weight is 571 g/mol. The Morgan fingerprint density at radius 1 is 0.488 bits per heavy atom. The zero-order chi connectivity index (χ0) is 29.9. The second-order valence-corrected chi connectivity index (χ2v) is 9.30. The third-order valence-electron chi connectivity index (χ3n) is 6.19. The summed E-state index contributed by atoms with van der Waals surface area (Å²) in [5, 5.41) is 16.7. The molecule has 214 valence electrons. The molecule has 0 saturated heterocycles. The van der Waals surface area contributed by atoms with Gasteiger partial charge in [-0.3, -0.25) is 31.2 Å². The number of nitrogens with zero attached hydrogens (tertiary/aromatic N) is 8. The molecule has 0 atom stereocenters. The summed E-state index contributed by atoms with van der Waals surface area (Å²) in [6.45, 7) is 5.75. The first kappa shape index (κ1) is 28.5. The van der Waals surface area contributed by atoms with Crippen molar-refractivity contribution in [3.63, 3.8) is 0 Å². The molecule has 0 fully saturated rings. The van der Waals surface area contributed by atoms with Gasteiger partial charge in [0.25, 0.3) is 0 Å². The molecule has 0 bridgehead atoms. The number of aromatic nitrogens is 5. The van der Waals surface area contributed by atoms with Gasteiger partial charge in [-0.25, -0.2) is 0 Å². The highest BCUT2D eigenvalue weighted by atomic mass is 15.4. The molecule has 4 aromatic heterocycles. The van der Waals surface area contributed by atoms with Crippen molar-refractivity contribution >= 4 is 46.1 Å². The minimum Gasteiger partial charge on any atom is -0.324 e. The number of hydrogen-bond donors (Lipinski definition) is 4. The molecule has 5 aromatic rings. The van der Waals surface area contributed by atoms with E-state index in [1.807, 2.05) is 81.4 Å². The van der Waals surface area contributed by atoms with Crippen molar-refractivity contribution < 1.29 is 0 Å². The highest BCUT2D eigenvalue weighted by Crippen LogP contribution is 2.21. The first-order valence-electron chi connectivity index (χ1n) is 13.4. The van der Waals surface area contributed by atoms with Crippen LogP contribution in [0.3, 0.4) is 0 Å². The van der Waals surface area contributed by atoms with Crippen LogP contribution in [0.15, 0.2) is 119 Å². The minimum absolute atomic E-state index is 0.355. The summed E-state index contributed by atoms with van der Waals surface area (Å²) >= 11 is 0. The molecule has 43 heavy (non-hydrogen) atoms. The lowest BCUT2D eigenvalue weighted by molar-refractivity contribution is 1.12. The van der Waals surface area contributed by atoms with Crippen LogP contribution in [0.1, 0.15) is 37.5 Å². The molecular weight excluding hydrogens is 540 g/mol. The Hall–Kier alpha value is -6.04. The number of nitrogens with one attached hydrogen (secondary N) is 4. The van der Waals surface area contributed by atoms with Crippen molar-refractivity contribution in [1.82, 2.24) is 24.9 Å². The molecule has 0 aliphatic rings. The normalized spacial score (nSPS) is 12.0. The smallest absolute Gasteiger partial charge is 0.231 e. The van der Waals surface area contributed by atoms with Gasteiger partial charge in [-0.1, -0.05) is 0 Å². The lowest BCUT2D eigenvalue weighted by Gasteiger charge is -2.11. The number of benzene rings is 1. The van der Waals surface area contributed by atoms with E-state index in [-0.39, 0.29) is 0 Å². The Morgan fingerprint density at radius 2 is 0.860 bits per heavy atom. The van der Waals surface area contributed by atoms with Crippen molar-refractivity contribution in [1.29, 1.82) is 0 Å². The van der Waals surface area contributed by atoms with Gasteiger partial charge in [-0.15, -0.1) is 0 Å². The maximum absolute atomic E-state index is 4.60. The van der Waals surface area contributed by atoms with Gasteiger partial charge in [0.15, 0.2) is 11.6 Å². The first-order valence-corrected chi connectivity index (χ1v) is 13.4. The number of hydrogen-bond acceptors (Lipinski definition) is 12. The summed E-state index contributed by atoms with van der Waals surface area (Å²) in [5.74, 6) is 1.31. The van der Waals surface area contributed by atoms with Gasteiger partial charge in [0.2, 0.25) is 5.95 Å². The maximum atomic E-state index is 4.60. The third kappa shape index (κ3) is 8.24. The van der Waals surface area contributed by atoms with E-state index in [1.54, 1.807) is 43.2 Å². The molecule has 0 aliphatic carbocycles. The fraction of sp³-hybridized carbons (Fsp3) is 0.0968. The van der Waals surface area contributed by atoms with Crippen molar-refractivity contribution in [2.75, 3.05) is 21.6 Å². The fourth-order valence-electron chi connectivity index (χ4n) is 3.78. The number of rotatable bonds is 11. The summed E-state index contributed by atoms with van der Waals surface area (Å²) < 4.78 is 0. The molecule has 12 heteroatoms. The van der Waals surface area contributed by atoms with Gasteiger partial charge in [0, 0.05) is 65.6 Å². The van der Waals surface area contributed by atoms with E-state index in [0.29, 0.717) is 17.6 Å². The molecule has 5 rings (SSSR count). The lowest BCUT2D eigenvalue weighted by Crippen LogP contribution is -2.07. The van der Waals surface area contributed by atoms with Crippen LogP contribution in [0.5, 0.6) is 0 Å². The fourth-order valence-corrected chi connectivity index (χ4v) is 3.78. The van der Waals surface area contributed by atoms with Crippen LogP contribution in [0, 0.1) is 0 Å². The van der Waals surface area contributed by atoms with Crippen LogP contribution in [0.4, 0.5) is 29.0 Å². The predicted molar refractivity (Wildman–Crippen MR) is 172 cm³/mol. The number of anilines is 5. The van der Waals surface area contributed by atoms with Gasteiger partial charge in [-0.05, 0) is 81.4 Å². The molecule has 12 nitrogen and oxygen atoms in total. The molecular formula is C31H30N12. The number of hydrazone groups is 3.